The second-order valence-corrected chi connectivity index (χ2v) is 7.50. The minimum Gasteiger partial charge on any atom is -0.486 e. The van der Waals surface area contributed by atoms with Crippen molar-refractivity contribution in [2.75, 3.05) is 0 Å². The van der Waals surface area contributed by atoms with Crippen molar-refractivity contribution >= 4 is 23.4 Å². The molecular formula is C20H18ClN5OS. The lowest BCUT2D eigenvalue weighted by atomic mass is 10.2. The molecule has 142 valence electrons. The van der Waals surface area contributed by atoms with Crippen molar-refractivity contribution in [3.8, 4) is 11.4 Å². The number of benzene rings is 2. The van der Waals surface area contributed by atoms with Gasteiger partial charge in [0.2, 0.25) is 0 Å². The lowest BCUT2D eigenvalue weighted by Gasteiger charge is -2.07. The van der Waals surface area contributed by atoms with Gasteiger partial charge in [-0.05, 0) is 42.0 Å². The third-order valence-corrected chi connectivity index (χ3v) is 5.56. The van der Waals surface area contributed by atoms with Crippen molar-refractivity contribution in [1.29, 1.82) is 0 Å². The van der Waals surface area contributed by atoms with E-state index < -0.39 is 0 Å². The zero-order chi connectivity index (χ0) is 19.3. The molecule has 0 N–H and O–H groups in total. The van der Waals surface area contributed by atoms with Crippen LogP contribution >= 0.6 is 23.4 Å². The van der Waals surface area contributed by atoms with Gasteiger partial charge in [0.1, 0.15) is 12.4 Å². The van der Waals surface area contributed by atoms with Crippen LogP contribution in [0.15, 0.2) is 72.4 Å². The van der Waals surface area contributed by atoms with Gasteiger partial charge < -0.3 is 13.9 Å². The molecule has 0 saturated heterocycles. The van der Waals surface area contributed by atoms with Gasteiger partial charge in [-0.1, -0.05) is 35.5 Å². The fourth-order valence-corrected chi connectivity index (χ4v) is 3.61. The quantitative estimate of drug-likeness (QED) is 0.418. The second-order valence-electron chi connectivity index (χ2n) is 6.13. The molecule has 0 unspecified atom stereocenters. The lowest BCUT2D eigenvalue weighted by molar-refractivity contribution is 0.290. The molecule has 8 heteroatoms. The molecule has 2 aromatic heterocycles. The van der Waals surface area contributed by atoms with Crippen LogP contribution in [0.25, 0.3) is 5.69 Å². The number of rotatable bonds is 7. The van der Waals surface area contributed by atoms with Crippen LogP contribution in [0.1, 0.15) is 11.4 Å². The molecular weight excluding hydrogens is 394 g/mol. The molecule has 0 spiro atoms. The Labute approximate surface area is 172 Å². The maximum Gasteiger partial charge on any atom is 0.191 e. The fourth-order valence-electron chi connectivity index (χ4n) is 2.60. The molecule has 2 aromatic carbocycles. The van der Waals surface area contributed by atoms with E-state index in [1.54, 1.807) is 36.4 Å². The zero-order valence-corrected chi connectivity index (χ0v) is 16.8. The van der Waals surface area contributed by atoms with Crippen molar-refractivity contribution in [3.05, 3.63) is 83.7 Å². The molecule has 28 heavy (non-hydrogen) atoms. The minimum absolute atomic E-state index is 0.352. The molecule has 0 radical (unpaired) electrons. The third kappa shape index (κ3) is 4.37. The molecule has 0 aliphatic heterocycles. The standard InChI is InChI=1S/C20H18ClN5OS/c1-25-19(12-27-18-8-4-16(21)5-9-18)23-24-20(25)28-13-15-2-6-17(7-3-15)26-11-10-22-14-26/h2-11,14H,12-13H2,1H3. The maximum atomic E-state index is 5.89. The number of nitrogens with zero attached hydrogens (tertiary/aromatic N) is 5. The summed E-state index contributed by atoms with van der Waals surface area (Å²) in [7, 11) is 1.95. The summed E-state index contributed by atoms with van der Waals surface area (Å²) < 4.78 is 9.69. The number of imidazole rings is 1. The van der Waals surface area contributed by atoms with Crippen LogP contribution < -0.4 is 4.74 Å². The molecule has 0 atom stereocenters. The van der Waals surface area contributed by atoms with Gasteiger partial charge in [-0.2, -0.15) is 0 Å². The predicted molar refractivity (Wildman–Crippen MR) is 110 cm³/mol. The summed E-state index contributed by atoms with van der Waals surface area (Å²) in [6, 6.07) is 15.7. The first-order valence-corrected chi connectivity index (χ1v) is 10.0. The van der Waals surface area contributed by atoms with Crippen LogP contribution in [0, 0.1) is 0 Å². The molecule has 2 heterocycles. The van der Waals surface area contributed by atoms with E-state index in [0.29, 0.717) is 11.6 Å². The molecule has 6 nitrogen and oxygen atoms in total. The van der Waals surface area contributed by atoms with E-state index in [-0.39, 0.29) is 0 Å². The number of hydrogen-bond donors (Lipinski definition) is 0. The summed E-state index contributed by atoms with van der Waals surface area (Å²) in [5.41, 5.74) is 2.31. The van der Waals surface area contributed by atoms with E-state index in [0.717, 1.165) is 28.2 Å². The van der Waals surface area contributed by atoms with Gasteiger partial charge >= 0.3 is 0 Å². The first-order chi connectivity index (χ1) is 13.7. The summed E-state index contributed by atoms with van der Waals surface area (Å²) in [4.78, 5) is 4.07. The van der Waals surface area contributed by atoms with Gasteiger partial charge in [0.05, 0.1) is 6.33 Å². The largest absolute Gasteiger partial charge is 0.486 e. The minimum atomic E-state index is 0.352. The van der Waals surface area contributed by atoms with Crippen LogP contribution in [0.4, 0.5) is 0 Å². The fraction of sp³-hybridized carbons (Fsp3) is 0.150. The van der Waals surface area contributed by atoms with E-state index >= 15 is 0 Å². The Balaban J connectivity index is 1.34. The zero-order valence-electron chi connectivity index (χ0n) is 15.2. The summed E-state index contributed by atoms with van der Waals surface area (Å²) in [6.45, 7) is 0.352. The summed E-state index contributed by atoms with van der Waals surface area (Å²) >= 11 is 7.53. The van der Waals surface area contributed by atoms with Crippen LogP contribution in [0.3, 0.4) is 0 Å². The monoisotopic (exact) mass is 411 g/mol. The Bertz CT molecular complexity index is 1030. The van der Waals surface area contributed by atoms with Gasteiger partial charge in [-0.25, -0.2) is 4.98 Å². The normalized spacial score (nSPS) is 10.9. The Morgan fingerprint density at radius 2 is 1.82 bits per heavy atom. The Morgan fingerprint density at radius 3 is 2.54 bits per heavy atom. The second kappa shape index (κ2) is 8.50. The van der Waals surface area contributed by atoms with E-state index in [9.17, 15) is 0 Å². The Morgan fingerprint density at radius 1 is 1.04 bits per heavy atom. The van der Waals surface area contributed by atoms with Gasteiger partial charge in [0.25, 0.3) is 0 Å². The van der Waals surface area contributed by atoms with Gasteiger partial charge in [0.15, 0.2) is 11.0 Å². The van der Waals surface area contributed by atoms with E-state index in [2.05, 4.69) is 39.4 Å². The number of thioether (sulfide) groups is 1. The molecule has 0 fully saturated rings. The highest BCUT2D eigenvalue weighted by Crippen LogP contribution is 2.23. The molecule has 0 amide bonds. The van der Waals surface area contributed by atoms with Crippen molar-refractivity contribution in [2.45, 2.75) is 17.5 Å². The highest BCUT2D eigenvalue weighted by atomic mass is 35.5. The van der Waals surface area contributed by atoms with Crippen molar-refractivity contribution in [1.82, 2.24) is 24.3 Å². The van der Waals surface area contributed by atoms with Crippen molar-refractivity contribution in [3.63, 3.8) is 0 Å². The summed E-state index contributed by atoms with van der Waals surface area (Å²) in [5, 5.41) is 10.1. The lowest BCUT2D eigenvalue weighted by Crippen LogP contribution is -2.04. The van der Waals surface area contributed by atoms with Crippen LogP contribution in [0.2, 0.25) is 5.02 Å². The van der Waals surface area contributed by atoms with Crippen molar-refractivity contribution < 1.29 is 4.74 Å². The van der Waals surface area contributed by atoms with E-state index in [1.165, 1.54) is 5.56 Å². The van der Waals surface area contributed by atoms with Crippen LogP contribution in [-0.2, 0) is 19.4 Å². The van der Waals surface area contributed by atoms with E-state index in [1.807, 2.05) is 34.5 Å². The van der Waals surface area contributed by atoms with E-state index in [4.69, 9.17) is 16.3 Å². The molecule has 0 saturated carbocycles. The number of hydrogen-bond acceptors (Lipinski definition) is 5. The average molecular weight is 412 g/mol. The highest BCUT2D eigenvalue weighted by molar-refractivity contribution is 7.98. The van der Waals surface area contributed by atoms with Crippen LogP contribution in [0.5, 0.6) is 5.75 Å². The molecule has 4 aromatic rings. The van der Waals surface area contributed by atoms with Gasteiger partial charge in [-0.3, -0.25) is 0 Å². The van der Waals surface area contributed by atoms with Crippen LogP contribution in [-0.4, -0.2) is 24.3 Å². The molecule has 4 rings (SSSR count). The number of ether oxygens (including phenoxy) is 1. The Hall–Kier alpha value is -2.77. The topological polar surface area (TPSA) is 57.8 Å². The first kappa shape index (κ1) is 18.6. The number of aromatic nitrogens is 5. The maximum absolute atomic E-state index is 5.89. The Kier molecular flexibility index (Phi) is 5.64. The third-order valence-electron chi connectivity index (χ3n) is 4.21. The SMILES string of the molecule is Cn1c(COc2ccc(Cl)cc2)nnc1SCc1ccc(-n2ccnc2)cc1. The molecule has 0 aliphatic rings. The predicted octanol–water partition coefficient (Wildman–Crippen LogP) is 4.53. The summed E-state index contributed by atoms with van der Waals surface area (Å²) in [5.74, 6) is 2.33. The average Bonchev–Trinajstić information content (AvgIpc) is 3.37. The molecule has 0 aliphatic carbocycles. The first-order valence-electron chi connectivity index (χ1n) is 8.66. The van der Waals surface area contributed by atoms with Gasteiger partial charge in [0, 0.05) is 35.9 Å². The molecule has 0 bridgehead atoms. The highest BCUT2D eigenvalue weighted by Gasteiger charge is 2.10. The van der Waals surface area contributed by atoms with Crippen molar-refractivity contribution in [2.24, 2.45) is 7.05 Å². The smallest absolute Gasteiger partial charge is 0.191 e. The summed E-state index contributed by atoms with van der Waals surface area (Å²) in [6.07, 6.45) is 5.49. The number of halogens is 1. The van der Waals surface area contributed by atoms with Gasteiger partial charge in [-0.15, -0.1) is 10.2 Å².